The SMILES string of the molecule is CC(C)N(Cc1ccccc1)C(=O)NC1CC(=O)N(c2cccc(F)c2)C1. The van der Waals surface area contributed by atoms with Crippen LogP contribution in [0.15, 0.2) is 54.6 Å². The van der Waals surface area contributed by atoms with E-state index in [-0.39, 0.29) is 36.3 Å². The fourth-order valence-electron chi connectivity index (χ4n) is 3.22. The second-order valence-corrected chi connectivity index (χ2v) is 7.04. The Hall–Kier alpha value is -2.89. The van der Waals surface area contributed by atoms with E-state index in [1.807, 2.05) is 44.2 Å². The molecule has 3 rings (SSSR count). The molecule has 3 amide bonds. The van der Waals surface area contributed by atoms with Gasteiger partial charge in [-0.2, -0.15) is 0 Å². The molecule has 5 nitrogen and oxygen atoms in total. The molecule has 27 heavy (non-hydrogen) atoms. The number of rotatable bonds is 5. The summed E-state index contributed by atoms with van der Waals surface area (Å²) < 4.78 is 13.4. The van der Waals surface area contributed by atoms with E-state index in [1.54, 1.807) is 17.0 Å². The first-order chi connectivity index (χ1) is 12.9. The lowest BCUT2D eigenvalue weighted by Crippen LogP contribution is -2.48. The van der Waals surface area contributed by atoms with Gasteiger partial charge in [0.25, 0.3) is 0 Å². The van der Waals surface area contributed by atoms with Crippen molar-refractivity contribution in [3.8, 4) is 0 Å². The monoisotopic (exact) mass is 369 g/mol. The van der Waals surface area contributed by atoms with Gasteiger partial charge >= 0.3 is 6.03 Å². The van der Waals surface area contributed by atoms with Crippen LogP contribution in [-0.4, -0.2) is 35.5 Å². The van der Waals surface area contributed by atoms with E-state index in [0.29, 0.717) is 18.8 Å². The molecule has 1 aliphatic rings. The lowest BCUT2D eigenvalue weighted by molar-refractivity contribution is -0.117. The van der Waals surface area contributed by atoms with Gasteiger partial charge in [-0.25, -0.2) is 9.18 Å². The molecule has 2 aromatic rings. The predicted molar refractivity (Wildman–Crippen MR) is 103 cm³/mol. The van der Waals surface area contributed by atoms with Gasteiger partial charge < -0.3 is 15.1 Å². The first kappa shape index (κ1) is 18.9. The number of hydrogen-bond acceptors (Lipinski definition) is 2. The fraction of sp³-hybridized carbons (Fsp3) is 0.333. The molecule has 1 atom stereocenters. The van der Waals surface area contributed by atoms with Gasteiger partial charge in [-0.15, -0.1) is 0 Å². The number of nitrogens with one attached hydrogen (secondary N) is 1. The zero-order chi connectivity index (χ0) is 19.4. The Kier molecular flexibility index (Phi) is 5.74. The van der Waals surface area contributed by atoms with Gasteiger partial charge in [0.05, 0.1) is 6.04 Å². The van der Waals surface area contributed by atoms with Crippen molar-refractivity contribution in [1.82, 2.24) is 10.2 Å². The van der Waals surface area contributed by atoms with Crippen molar-refractivity contribution in [1.29, 1.82) is 0 Å². The van der Waals surface area contributed by atoms with Crippen LogP contribution in [0.5, 0.6) is 0 Å². The standard InChI is InChI=1S/C21H24FN3O2/c1-15(2)24(13-16-7-4-3-5-8-16)21(27)23-18-12-20(26)25(14-18)19-10-6-9-17(22)11-19/h3-11,15,18H,12-14H2,1-2H3,(H,23,27). The Morgan fingerprint density at radius 1 is 1.22 bits per heavy atom. The highest BCUT2D eigenvalue weighted by molar-refractivity contribution is 5.96. The summed E-state index contributed by atoms with van der Waals surface area (Å²) in [6.07, 6.45) is 0.208. The summed E-state index contributed by atoms with van der Waals surface area (Å²) in [7, 11) is 0. The molecule has 0 aliphatic carbocycles. The average Bonchev–Trinajstić information content (AvgIpc) is 3.00. The first-order valence-corrected chi connectivity index (χ1v) is 9.11. The molecule has 0 spiro atoms. The summed E-state index contributed by atoms with van der Waals surface area (Å²) in [5, 5.41) is 2.96. The summed E-state index contributed by atoms with van der Waals surface area (Å²) in [6.45, 7) is 4.76. The van der Waals surface area contributed by atoms with E-state index < -0.39 is 0 Å². The Labute approximate surface area is 158 Å². The van der Waals surface area contributed by atoms with Crippen LogP contribution in [-0.2, 0) is 11.3 Å². The molecule has 0 saturated carbocycles. The van der Waals surface area contributed by atoms with Crippen LogP contribution >= 0.6 is 0 Å². The quantitative estimate of drug-likeness (QED) is 0.876. The minimum Gasteiger partial charge on any atom is -0.333 e. The van der Waals surface area contributed by atoms with Crippen LogP contribution in [0.25, 0.3) is 0 Å². The highest BCUT2D eigenvalue weighted by atomic mass is 19.1. The first-order valence-electron chi connectivity index (χ1n) is 9.11. The number of amides is 3. The molecule has 0 bridgehead atoms. The van der Waals surface area contributed by atoms with Crippen molar-refractivity contribution in [2.24, 2.45) is 0 Å². The Bertz CT molecular complexity index is 810. The molecule has 1 fully saturated rings. The number of carbonyl (C=O) groups is 2. The zero-order valence-electron chi connectivity index (χ0n) is 15.6. The molecule has 1 aliphatic heterocycles. The fourth-order valence-corrected chi connectivity index (χ4v) is 3.22. The zero-order valence-corrected chi connectivity index (χ0v) is 15.6. The van der Waals surface area contributed by atoms with Crippen LogP contribution in [0.1, 0.15) is 25.8 Å². The maximum Gasteiger partial charge on any atom is 0.318 e. The smallest absolute Gasteiger partial charge is 0.318 e. The lowest BCUT2D eigenvalue weighted by atomic mass is 10.2. The molecule has 0 radical (unpaired) electrons. The molecule has 1 unspecified atom stereocenters. The summed E-state index contributed by atoms with van der Waals surface area (Å²) in [5.41, 5.74) is 1.56. The summed E-state index contributed by atoms with van der Waals surface area (Å²) >= 11 is 0. The average molecular weight is 369 g/mol. The summed E-state index contributed by atoms with van der Waals surface area (Å²) in [5.74, 6) is -0.508. The number of carbonyl (C=O) groups excluding carboxylic acids is 2. The van der Waals surface area contributed by atoms with Crippen molar-refractivity contribution in [3.63, 3.8) is 0 Å². The number of urea groups is 1. The van der Waals surface area contributed by atoms with Crippen molar-refractivity contribution in [2.45, 2.75) is 38.9 Å². The molecule has 1 heterocycles. The molecule has 1 saturated heterocycles. The van der Waals surface area contributed by atoms with Gasteiger partial charge in [0.2, 0.25) is 5.91 Å². The third-order valence-electron chi connectivity index (χ3n) is 4.65. The highest BCUT2D eigenvalue weighted by Crippen LogP contribution is 2.22. The van der Waals surface area contributed by atoms with E-state index >= 15 is 0 Å². The van der Waals surface area contributed by atoms with Gasteiger partial charge in [0, 0.05) is 31.2 Å². The molecule has 6 heteroatoms. The van der Waals surface area contributed by atoms with Crippen LogP contribution in [0.4, 0.5) is 14.9 Å². The summed E-state index contributed by atoms with van der Waals surface area (Å²) in [4.78, 5) is 28.3. The van der Waals surface area contributed by atoms with Gasteiger partial charge in [0.1, 0.15) is 5.82 Å². The van der Waals surface area contributed by atoms with Gasteiger partial charge in [-0.1, -0.05) is 36.4 Å². The number of halogens is 1. The Morgan fingerprint density at radius 3 is 2.63 bits per heavy atom. The summed E-state index contributed by atoms with van der Waals surface area (Å²) in [6, 6.07) is 15.2. The molecular weight excluding hydrogens is 345 g/mol. The van der Waals surface area contributed by atoms with Crippen molar-refractivity contribution >= 4 is 17.6 Å². The highest BCUT2D eigenvalue weighted by Gasteiger charge is 2.33. The second-order valence-electron chi connectivity index (χ2n) is 7.04. The third kappa shape index (κ3) is 4.64. The maximum absolute atomic E-state index is 13.4. The molecule has 142 valence electrons. The largest absolute Gasteiger partial charge is 0.333 e. The normalized spacial score (nSPS) is 16.7. The minimum absolute atomic E-state index is 0.0154. The van der Waals surface area contributed by atoms with Crippen LogP contribution in [0.3, 0.4) is 0 Å². The topological polar surface area (TPSA) is 52.7 Å². The molecular formula is C21H24FN3O2. The second kappa shape index (κ2) is 8.20. The van der Waals surface area contributed by atoms with E-state index in [9.17, 15) is 14.0 Å². The molecule has 1 N–H and O–H groups in total. The van der Waals surface area contributed by atoms with E-state index in [2.05, 4.69) is 5.32 Å². The van der Waals surface area contributed by atoms with E-state index in [0.717, 1.165) is 5.56 Å². The van der Waals surface area contributed by atoms with Gasteiger partial charge in [0.15, 0.2) is 0 Å². The van der Waals surface area contributed by atoms with Gasteiger partial charge in [-0.05, 0) is 37.6 Å². The Morgan fingerprint density at radius 2 is 1.96 bits per heavy atom. The van der Waals surface area contributed by atoms with Gasteiger partial charge in [-0.3, -0.25) is 4.79 Å². The number of nitrogens with zero attached hydrogens (tertiary/aromatic N) is 2. The Balaban J connectivity index is 1.65. The van der Waals surface area contributed by atoms with Crippen LogP contribution < -0.4 is 10.2 Å². The van der Waals surface area contributed by atoms with E-state index in [1.165, 1.54) is 17.0 Å². The lowest BCUT2D eigenvalue weighted by Gasteiger charge is -2.28. The van der Waals surface area contributed by atoms with Crippen molar-refractivity contribution < 1.29 is 14.0 Å². The van der Waals surface area contributed by atoms with Crippen LogP contribution in [0, 0.1) is 5.82 Å². The van der Waals surface area contributed by atoms with Crippen molar-refractivity contribution in [3.05, 3.63) is 66.0 Å². The van der Waals surface area contributed by atoms with Crippen molar-refractivity contribution in [2.75, 3.05) is 11.4 Å². The van der Waals surface area contributed by atoms with E-state index in [4.69, 9.17) is 0 Å². The minimum atomic E-state index is -0.387. The number of anilines is 1. The maximum atomic E-state index is 13.4. The molecule has 2 aromatic carbocycles. The predicted octanol–water partition coefficient (Wildman–Crippen LogP) is 3.55. The van der Waals surface area contributed by atoms with Crippen LogP contribution in [0.2, 0.25) is 0 Å². The third-order valence-corrected chi connectivity index (χ3v) is 4.65. The molecule has 0 aromatic heterocycles. The number of benzene rings is 2. The number of hydrogen-bond donors (Lipinski definition) is 1.